The first-order valence-electron chi connectivity index (χ1n) is 4.49. The van der Waals surface area contributed by atoms with Gasteiger partial charge in [0.1, 0.15) is 5.76 Å². The van der Waals surface area contributed by atoms with Crippen LogP contribution in [0.1, 0.15) is 11.3 Å². The van der Waals surface area contributed by atoms with Gasteiger partial charge in [0.15, 0.2) is 0 Å². The second-order valence-electron chi connectivity index (χ2n) is 3.28. The lowest BCUT2D eigenvalue weighted by Crippen LogP contribution is -2.30. The highest BCUT2D eigenvalue weighted by Gasteiger charge is 2.02. The molecule has 2 rings (SSSR count). The lowest BCUT2D eigenvalue weighted by molar-refractivity contribution is 0.486. The molecule has 1 N–H and O–H groups in total. The van der Waals surface area contributed by atoms with Gasteiger partial charge in [-0.2, -0.15) is 0 Å². The zero-order valence-electron chi connectivity index (χ0n) is 8.19. The fourth-order valence-corrected chi connectivity index (χ4v) is 1.31. The summed E-state index contributed by atoms with van der Waals surface area (Å²) in [5.74, 6) is 0.670. The molecule has 0 aliphatic rings. The average molecular weight is 206 g/mol. The molecule has 0 atom stereocenters. The zero-order chi connectivity index (χ0) is 10.8. The number of aryl methyl sites for hydroxylation is 1. The third kappa shape index (κ3) is 1.90. The Hall–Kier alpha value is -2.04. The van der Waals surface area contributed by atoms with Gasteiger partial charge in [-0.1, -0.05) is 0 Å². The van der Waals surface area contributed by atoms with Crippen molar-refractivity contribution in [3.63, 3.8) is 0 Å². The molecule has 0 unspecified atom stereocenters. The molecule has 15 heavy (non-hydrogen) atoms. The van der Waals surface area contributed by atoms with E-state index in [1.165, 1.54) is 10.8 Å². The fraction of sp³-hybridized carbons (Fsp3) is 0.200. The monoisotopic (exact) mass is 206 g/mol. The van der Waals surface area contributed by atoms with E-state index in [0.717, 1.165) is 0 Å². The minimum atomic E-state index is -0.429. The maximum Gasteiger partial charge on any atom is 0.328 e. The van der Waals surface area contributed by atoms with Gasteiger partial charge in [-0.05, 0) is 19.1 Å². The van der Waals surface area contributed by atoms with Gasteiger partial charge in [0, 0.05) is 11.8 Å². The number of nitrogens with zero attached hydrogens (tertiary/aromatic N) is 1. The SMILES string of the molecule is Cc1cn(Cc2ccco2)c(=O)[nH]c1=O. The number of aromatic amines is 1. The van der Waals surface area contributed by atoms with E-state index in [1.807, 2.05) is 0 Å². The second kappa shape index (κ2) is 3.61. The smallest absolute Gasteiger partial charge is 0.328 e. The maximum absolute atomic E-state index is 11.4. The molecule has 5 nitrogen and oxygen atoms in total. The van der Waals surface area contributed by atoms with E-state index in [9.17, 15) is 9.59 Å². The van der Waals surface area contributed by atoms with Crippen LogP contribution >= 0.6 is 0 Å². The van der Waals surface area contributed by atoms with E-state index in [4.69, 9.17) is 4.42 Å². The van der Waals surface area contributed by atoms with Crippen LogP contribution in [0.15, 0.2) is 38.6 Å². The van der Waals surface area contributed by atoms with Crippen molar-refractivity contribution < 1.29 is 4.42 Å². The Morgan fingerprint density at radius 3 is 2.93 bits per heavy atom. The van der Waals surface area contributed by atoms with Gasteiger partial charge in [0.25, 0.3) is 5.56 Å². The van der Waals surface area contributed by atoms with Crippen molar-refractivity contribution in [3.8, 4) is 0 Å². The number of aromatic nitrogens is 2. The number of nitrogens with one attached hydrogen (secondary N) is 1. The highest BCUT2D eigenvalue weighted by atomic mass is 16.3. The van der Waals surface area contributed by atoms with Gasteiger partial charge in [-0.25, -0.2) is 4.79 Å². The van der Waals surface area contributed by atoms with Crippen LogP contribution in [0.25, 0.3) is 0 Å². The summed E-state index contributed by atoms with van der Waals surface area (Å²) >= 11 is 0. The number of hydrogen-bond donors (Lipinski definition) is 1. The van der Waals surface area contributed by atoms with Crippen molar-refractivity contribution in [1.29, 1.82) is 0 Å². The summed E-state index contributed by atoms with van der Waals surface area (Å²) in [6.45, 7) is 1.97. The largest absolute Gasteiger partial charge is 0.467 e. The minimum absolute atomic E-state index is 0.323. The maximum atomic E-state index is 11.4. The summed E-state index contributed by atoms with van der Waals surface area (Å²) < 4.78 is 6.51. The molecule has 0 amide bonds. The average Bonchev–Trinajstić information content (AvgIpc) is 2.67. The first-order valence-corrected chi connectivity index (χ1v) is 4.49. The molecule has 0 saturated carbocycles. The van der Waals surface area contributed by atoms with Crippen molar-refractivity contribution in [2.45, 2.75) is 13.5 Å². The van der Waals surface area contributed by atoms with Crippen molar-refractivity contribution in [3.05, 3.63) is 56.8 Å². The summed E-state index contributed by atoms with van der Waals surface area (Å²) in [5, 5.41) is 0. The van der Waals surface area contributed by atoms with Crippen LogP contribution in [-0.4, -0.2) is 9.55 Å². The summed E-state index contributed by atoms with van der Waals surface area (Å²) in [7, 11) is 0. The number of hydrogen-bond acceptors (Lipinski definition) is 3. The van der Waals surface area contributed by atoms with E-state index < -0.39 is 5.69 Å². The summed E-state index contributed by atoms with van der Waals surface area (Å²) in [6, 6.07) is 3.52. The first-order chi connectivity index (χ1) is 7.16. The minimum Gasteiger partial charge on any atom is -0.467 e. The molecule has 0 aliphatic carbocycles. The molecule has 78 valence electrons. The van der Waals surface area contributed by atoms with E-state index in [2.05, 4.69) is 4.98 Å². The summed E-state index contributed by atoms with van der Waals surface area (Å²) in [6.07, 6.45) is 3.06. The Morgan fingerprint density at radius 1 is 1.47 bits per heavy atom. The van der Waals surface area contributed by atoms with E-state index in [0.29, 0.717) is 17.9 Å². The van der Waals surface area contributed by atoms with Crippen LogP contribution in [0.2, 0.25) is 0 Å². The highest BCUT2D eigenvalue weighted by Crippen LogP contribution is 2.01. The van der Waals surface area contributed by atoms with Crippen LogP contribution in [0.5, 0.6) is 0 Å². The molecule has 0 fully saturated rings. The van der Waals surface area contributed by atoms with Gasteiger partial charge in [0.2, 0.25) is 0 Å². The van der Waals surface area contributed by atoms with Gasteiger partial charge < -0.3 is 4.42 Å². The molecule has 0 saturated heterocycles. The molecule has 2 heterocycles. The predicted octanol–water partition coefficient (Wildman–Crippen LogP) is 0.486. The summed E-state index contributed by atoms with van der Waals surface area (Å²) in [5.41, 5.74) is -0.279. The first kappa shape index (κ1) is 9.51. The Bertz CT molecular complexity index is 563. The van der Waals surface area contributed by atoms with Crippen LogP contribution < -0.4 is 11.2 Å². The molecule has 0 aliphatic heterocycles. The quantitative estimate of drug-likeness (QED) is 0.777. The summed E-state index contributed by atoms with van der Waals surface area (Å²) in [4.78, 5) is 24.7. The number of H-pyrrole nitrogens is 1. The standard InChI is InChI=1S/C10H10N2O3/c1-7-5-12(10(14)11-9(7)13)6-8-3-2-4-15-8/h2-5H,6H2,1H3,(H,11,13,14). The second-order valence-corrected chi connectivity index (χ2v) is 3.28. The van der Waals surface area contributed by atoms with Crippen molar-refractivity contribution >= 4 is 0 Å². The Kier molecular flexibility index (Phi) is 2.29. The van der Waals surface area contributed by atoms with Crippen molar-refractivity contribution in [2.24, 2.45) is 0 Å². The normalized spacial score (nSPS) is 10.5. The van der Waals surface area contributed by atoms with E-state index in [1.54, 1.807) is 25.3 Å². The fourth-order valence-electron chi connectivity index (χ4n) is 1.31. The van der Waals surface area contributed by atoms with Gasteiger partial charge in [-0.3, -0.25) is 14.3 Å². The van der Waals surface area contributed by atoms with E-state index in [-0.39, 0.29) is 5.56 Å². The molecular weight excluding hydrogens is 196 g/mol. The van der Waals surface area contributed by atoms with E-state index >= 15 is 0 Å². The molecule has 0 bridgehead atoms. The number of furan rings is 1. The Morgan fingerprint density at radius 2 is 2.27 bits per heavy atom. The molecular formula is C10H10N2O3. The van der Waals surface area contributed by atoms with Crippen LogP contribution in [0, 0.1) is 6.92 Å². The third-order valence-electron chi connectivity index (χ3n) is 2.10. The van der Waals surface area contributed by atoms with Gasteiger partial charge in [0.05, 0.1) is 12.8 Å². The number of rotatable bonds is 2. The lowest BCUT2D eigenvalue weighted by Gasteiger charge is -2.02. The highest BCUT2D eigenvalue weighted by molar-refractivity contribution is 5.04. The van der Waals surface area contributed by atoms with Crippen LogP contribution in [0.4, 0.5) is 0 Å². The Balaban J connectivity index is 2.42. The molecule has 2 aromatic rings. The Labute approximate surface area is 85.0 Å². The molecule has 5 heteroatoms. The molecule has 0 radical (unpaired) electrons. The molecule has 2 aromatic heterocycles. The predicted molar refractivity (Wildman–Crippen MR) is 53.9 cm³/mol. The van der Waals surface area contributed by atoms with Crippen LogP contribution in [-0.2, 0) is 6.54 Å². The van der Waals surface area contributed by atoms with Gasteiger partial charge in [-0.15, -0.1) is 0 Å². The zero-order valence-corrected chi connectivity index (χ0v) is 8.19. The molecule has 0 aromatic carbocycles. The van der Waals surface area contributed by atoms with Crippen molar-refractivity contribution in [2.75, 3.05) is 0 Å². The third-order valence-corrected chi connectivity index (χ3v) is 2.10. The van der Waals surface area contributed by atoms with Crippen LogP contribution in [0.3, 0.4) is 0 Å². The molecule has 0 spiro atoms. The van der Waals surface area contributed by atoms with Crippen molar-refractivity contribution in [1.82, 2.24) is 9.55 Å². The topological polar surface area (TPSA) is 68.0 Å². The lowest BCUT2D eigenvalue weighted by atomic mass is 10.3. The van der Waals surface area contributed by atoms with Gasteiger partial charge >= 0.3 is 5.69 Å².